The summed E-state index contributed by atoms with van der Waals surface area (Å²) >= 11 is 0. The summed E-state index contributed by atoms with van der Waals surface area (Å²) in [6.45, 7) is 14.3. The average molecular weight is 199 g/mol. The third-order valence-corrected chi connectivity index (χ3v) is 1.95. The SMILES string of the molecule is CC=C(NC(C)(C)C)C(O)C(C)(C)C. The molecule has 1 atom stereocenters. The quantitative estimate of drug-likeness (QED) is 0.716. The van der Waals surface area contributed by atoms with Gasteiger partial charge in [0.05, 0.1) is 6.10 Å². The molecular formula is C12H25NO. The third kappa shape index (κ3) is 4.66. The average Bonchev–Trinajstić information content (AvgIpc) is 1.95. The molecule has 0 spiro atoms. The molecule has 84 valence electrons. The lowest BCUT2D eigenvalue weighted by molar-refractivity contribution is 0.0846. The Kier molecular flexibility index (Phi) is 4.19. The normalized spacial score (nSPS) is 16.7. The van der Waals surface area contributed by atoms with E-state index in [0.29, 0.717) is 0 Å². The summed E-state index contributed by atoms with van der Waals surface area (Å²) in [5, 5.41) is 13.4. The molecule has 0 saturated carbocycles. The van der Waals surface area contributed by atoms with Crippen molar-refractivity contribution >= 4 is 0 Å². The van der Waals surface area contributed by atoms with Crippen molar-refractivity contribution in [1.29, 1.82) is 0 Å². The molecule has 0 aromatic heterocycles. The molecule has 0 amide bonds. The number of hydrogen-bond donors (Lipinski definition) is 2. The molecule has 0 aliphatic carbocycles. The van der Waals surface area contributed by atoms with Gasteiger partial charge in [-0.25, -0.2) is 0 Å². The van der Waals surface area contributed by atoms with Crippen LogP contribution in [0.25, 0.3) is 0 Å². The van der Waals surface area contributed by atoms with Crippen LogP contribution in [0.3, 0.4) is 0 Å². The summed E-state index contributed by atoms with van der Waals surface area (Å²) in [5.41, 5.74) is 0.777. The largest absolute Gasteiger partial charge is 0.386 e. The molecule has 0 saturated heterocycles. The molecule has 0 rings (SSSR count). The minimum atomic E-state index is -0.438. The summed E-state index contributed by atoms with van der Waals surface area (Å²) in [7, 11) is 0. The fraction of sp³-hybridized carbons (Fsp3) is 0.833. The van der Waals surface area contributed by atoms with Crippen LogP contribution in [0.4, 0.5) is 0 Å². The Morgan fingerprint density at radius 1 is 1.14 bits per heavy atom. The van der Waals surface area contributed by atoms with Crippen LogP contribution in [0.2, 0.25) is 0 Å². The van der Waals surface area contributed by atoms with E-state index in [2.05, 4.69) is 26.1 Å². The van der Waals surface area contributed by atoms with E-state index in [0.717, 1.165) is 5.70 Å². The van der Waals surface area contributed by atoms with Crippen molar-refractivity contribution < 1.29 is 5.11 Å². The van der Waals surface area contributed by atoms with E-state index in [9.17, 15) is 5.11 Å². The molecule has 0 fully saturated rings. The lowest BCUT2D eigenvalue weighted by Crippen LogP contribution is -2.42. The maximum Gasteiger partial charge on any atom is 0.0979 e. The number of rotatable bonds is 2. The molecule has 14 heavy (non-hydrogen) atoms. The van der Waals surface area contributed by atoms with Crippen LogP contribution in [0.1, 0.15) is 48.5 Å². The maximum absolute atomic E-state index is 10.1. The van der Waals surface area contributed by atoms with Gasteiger partial charge in [-0.05, 0) is 33.1 Å². The molecular weight excluding hydrogens is 174 g/mol. The van der Waals surface area contributed by atoms with Crippen LogP contribution in [0.15, 0.2) is 11.8 Å². The van der Waals surface area contributed by atoms with Gasteiger partial charge in [0.1, 0.15) is 0 Å². The van der Waals surface area contributed by atoms with Gasteiger partial charge in [0.25, 0.3) is 0 Å². The highest BCUT2D eigenvalue weighted by Gasteiger charge is 2.27. The number of nitrogens with one attached hydrogen (secondary N) is 1. The van der Waals surface area contributed by atoms with Crippen LogP contribution < -0.4 is 5.32 Å². The lowest BCUT2D eigenvalue weighted by atomic mass is 9.86. The van der Waals surface area contributed by atoms with Crippen LogP contribution in [0, 0.1) is 5.41 Å². The molecule has 2 nitrogen and oxygen atoms in total. The summed E-state index contributed by atoms with van der Waals surface area (Å²) < 4.78 is 0. The van der Waals surface area contributed by atoms with Crippen LogP contribution in [-0.2, 0) is 0 Å². The summed E-state index contributed by atoms with van der Waals surface area (Å²) in [4.78, 5) is 0. The Bertz CT molecular complexity index is 205. The number of aliphatic hydroxyl groups is 1. The zero-order valence-electron chi connectivity index (χ0n) is 10.6. The molecule has 0 aliphatic heterocycles. The van der Waals surface area contributed by atoms with Gasteiger partial charge in [-0.15, -0.1) is 0 Å². The number of hydrogen-bond acceptors (Lipinski definition) is 2. The molecule has 2 N–H and O–H groups in total. The Hall–Kier alpha value is -0.500. The Morgan fingerprint density at radius 3 is 1.79 bits per heavy atom. The van der Waals surface area contributed by atoms with Gasteiger partial charge in [-0.2, -0.15) is 0 Å². The van der Waals surface area contributed by atoms with E-state index in [4.69, 9.17) is 0 Å². The first-order valence-electron chi connectivity index (χ1n) is 5.20. The second-order valence-corrected chi connectivity index (χ2v) is 5.89. The van der Waals surface area contributed by atoms with Gasteiger partial charge >= 0.3 is 0 Å². The van der Waals surface area contributed by atoms with Gasteiger partial charge in [0.15, 0.2) is 0 Å². The van der Waals surface area contributed by atoms with E-state index >= 15 is 0 Å². The standard InChI is InChI=1S/C12H25NO/c1-8-9(13-12(5,6)7)10(14)11(2,3)4/h8,10,13-14H,1-7H3. The monoisotopic (exact) mass is 199 g/mol. The molecule has 2 heteroatoms. The maximum atomic E-state index is 10.1. The zero-order chi connectivity index (χ0) is 11.6. The van der Waals surface area contributed by atoms with Crippen LogP contribution >= 0.6 is 0 Å². The van der Waals surface area contributed by atoms with E-state index < -0.39 is 6.10 Å². The Morgan fingerprint density at radius 2 is 1.57 bits per heavy atom. The molecule has 0 heterocycles. The van der Waals surface area contributed by atoms with Crippen molar-refractivity contribution in [3.05, 3.63) is 11.8 Å². The molecule has 0 aromatic rings. The van der Waals surface area contributed by atoms with Gasteiger partial charge in [0, 0.05) is 11.2 Å². The highest BCUT2D eigenvalue weighted by atomic mass is 16.3. The lowest BCUT2D eigenvalue weighted by Gasteiger charge is -2.33. The van der Waals surface area contributed by atoms with Gasteiger partial charge in [-0.1, -0.05) is 26.8 Å². The predicted octanol–water partition coefficient (Wildman–Crippen LogP) is 2.69. The zero-order valence-corrected chi connectivity index (χ0v) is 10.6. The minimum Gasteiger partial charge on any atom is -0.386 e. The first-order chi connectivity index (χ1) is 6.08. The van der Waals surface area contributed by atoms with E-state index in [1.807, 2.05) is 33.8 Å². The van der Waals surface area contributed by atoms with Crippen LogP contribution in [0.5, 0.6) is 0 Å². The van der Waals surface area contributed by atoms with E-state index in [1.54, 1.807) is 0 Å². The predicted molar refractivity (Wildman–Crippen MR) is 62.1 cm³/mol. The van der Waals surface area contributed by atoms with Crippen molar-refractivity contribution in [3.63, 3.8) is 0 Å². The summed E-state index contributed by atoms with van der Waals surface area (Å²) in [5.74, 6) is 0. The Labute approximate surface area is 88.4 Å². The van der Waals surface area contributed by atoms with E-state index in [1.165, 1.54) is 0 Å². The first-order valence-corrected chi connectivity index (χ1v) is 5.20. The number of allylic oxidation sites excluding steroid dienone is 1. The fourth-order valence-electron chi connectivity index (χ4n) is 1.20. The van der Waals surface area contributed by atoms with Crippen molar-refractivity contribution in [2.24, 2.45) is 5.41 Å². The van der Waals surface area contributed by atoms with Crippen molar-refractivity contribution in [2.45, 2.75) is 60.1 Å². The van der Waals surface area contributed by atoms with Crippen molar-refractivity contribution in [2.75, 3.05) is 0 Å². The van der Waals surface area contributed by atoms with Gasteiger partial charge in [0.2, 0.25) is 0 Å². The smallest absolute Gasteiger partial charge is 0.0979 e. The highest BCUT2D eigenvalue weighted by molar-refractivity contribution is 5.10. The van der Waals surface area contributed by atoms with Crippen molar-refractivity contribution in [1.82, 2.24) is 5.32 Å². The van der Waals surface area contributed by atoms with E-state index in [-0.39, 0.29) is 11.0 Å². The van der Waals surface area contributed by atoms with Gasteiger partial charge < -0.3 is 10.4 Å². The second-order valence-electron chi connectivity index (χ2n) is 5.89. The minimum absolute atomic E-state index is 0.00588. The topological polar surface area (TPSA) is 32.3 Å². The third-order valence-electron chi connectivity index (χ3n) is 1.95. The molecule has 0 radical (unpaired) electrons. The summed E-state index contributed by atoms with van der Waals surface area (Å²) in [6, 6.07) is 0. The van der Waals surface area contributed by atoms with Crippen molar-refractivity contribution in [3.8, 4) is 0 Å². The van der Waals surface area contributed by atoms with Gasteiger partial charge in [-0.3, -0.25) is 0 Å². The molecule has 1 unspecified atom stereocenters. The Balaban J connectivity index is 4.62. The molecule has 0 aromatic carbocycles. The first kappa shape index (κ1) is 13.5. The highest BCUT2D eigenvalue weighted by Crippen LogP contribution is 2.24. The molecule has 0 bridgehead atoms. The summed E-state index contributed by atoms with van der Waals surface area (Å²) in [6.07, 6.45) is 1.51. The molecule has 0 aliphatic rings. The second kappa shape index (κ2) is 4.35. The number of aliphatic hydroxyl groups excluding tert-OH is 1. The fourth-order valence-corrected chi connectivity index (χ4v) is 1.20. The van der Waals surface area contributed by atoms with Crippen LogP contribution in [-0.4, -0.2) is 16.7 Å².